The Kier molecular flexibility index (Phi) is 4.52. The van der Waals surface area contributed by atoms with Gasteiger partial charge in [0.05, 0.1) is 18.7 Å². The highest BCUT2D eigenvalue weighted by atomic mass is 16.5. The lowest BCUT2D eigenvalue weighted by Gasteiger charge is -2.32. The number of aromatic nitrogens is 4. The molecule has 8 heteroatoms. The van der Waals surface area contributed by atoms with Gasteiger partial charge in [-0.25, -0.2) is 9.97 Å². The average molecular weight is 316 g/mol. The van der Waals surface area contributed by atoms with Gasteiger partial charge in [-0.3, -0.25) is 9.48 Å². The molecule has 3 heterocycles. The Balaban J connectivity index is 1.69. The Bertz CT molecular complexity index is 672. The molecule has 1 aliphatic heterocycles. The SMILES string of the molecule is Cc1cn(C)nc1C(=O)N[C@H]1CCOC[C@H]1Nc1ccncn1. The lowest BCUT2D eigenvalue weighted by molar-refractivity contribution is 0.0617. The van der Waals surface area contributed by atoms with E-state index in [0.717, 1.165) is 12.0 Å². The molecule has 3 rings (SSSR count). The first-order chi connectivity index (χ1) is 11.1. The van der Waals surface area contributed by atoms with Crippen LogP contribution in [0.3, 0.4) is 0 Å². The largest absolute Gasteiger partial charge is 0.379 e. The van der Waals surface area contributed by atoms with Crippen molar-refractivity contribution >= 4 is 11.7 Å². The zero-order valence-electron chi connectivity index (χ0n) is 13.2. The molecule has 1 fully saturated rings. The minimum absolute atomic E-state index is 0.0485. The zero-order valence-corrected chi connectivity index (χ0v) is 13.2. The molecule has 2 N–H and O–H groups in total. The molecule has 0 aromatic carbocycles. The number of rotatable bonds is 4. The minimum atomic E-state index is -0.163. The molecule has 0 saturated carbocycles. The van der Waals surface area contributed by atoms with Crippen LogP contribution in [0.5, 0.6) is 0 Å². The van der Waals surface area contributed by atoms with Crippen LogP contribution < -0.4 is 10.6 Å². The van der Waals surface area contributed by atoms with Crippen molar-refractivity contribution < 1.29 is 9.53 Å². The summed E-state index contributed by atoms with van der Waals surface area (Å²) in [5, 5.41) is 10.6. The molecule has 1 amide bonds. The van der Waals surface area contributed by atoms with Crippen molar-refractivity contribution in [2.24, 2.45) is 7.05 Å². The predicted molar refractivity (Wildman–Crippen MR) is 84.1 cm³/mol. The molecule has 122 valence electrons. The van der Waals surface area contributed by atoms with E-state index in [2.05, 4.69) is 25.7 Å². The molecule has 8 nitrogen and oxygen atoms in total. The Hall–Kier alpha value is -2.48. The smallest absolute Gasteiger partial charge is 0.272 e. The predicted octanol–water partition coefficient (Wildman–Crippen LogP) is 0.518. The number of aryl methyl sites for hydroxylation is 2. The molecule has 2 aromatic heterocycles. The summed E-state index contributed by atoms with van der Waals surface area (Å²) in [6.07, 6.45) is 5.72. The summed E-state index contributed by atoms with van der Waals surface area (Å²) in [5.41, 5.74) is 1.32. The Morgan fingerprint density at radius 1 is 1.43 bits per heavy atom. The number of anilines is 1. The molecule has 0 unspecified atom stereocenters. The second-order valence-electron chi connectivity index (χ2n) is 5.62. The fourth-order valence-electron chi connectivity index (χ4n) is 2.69. The molecule has 2 aromatic rings. The van der Waals surface area contributed by atoms with Gasteiger partial charge in [0.25, 0.3) is 5.91 Å². The first kappa shape index (κ1) is 15.4. The van der Waals surface area contributed by atoms with Crippen LogP contribution in [0.2, 0.25) is 0 Å². The molecule has 0 radical (unpaired) electrons. The second-order valence-corrected chi connectivity index (χ2v) is 5.62. The number of nitrogens with zero attached hydrogens (tertiary/aromatic N) is 4. The first-order valence-corrected chi connectivity index (χ1v) is 7.55. The number of hydrogen-bond acceptors (Lipinski definition) is 6. The summed E-state index contributed by atoms with van der Waals surface area (Å²) in [7, 11) is 1.80. The van der Waals surface area contributed by atoms with E-state index >= 15 is 0 Å². The molecule has 1 aliphatic rings. The van der Waals surface area contributed by atoms with Crippen LogP contribution >= 0.6 is 0 Å². The number of nitrogens with one attached hydrogen (secondary N) is 2. The number of amides is 1. The molecule has 23 heavy (non-hydrogen) atoms. The monoisotopic (exact) mass is 316 g/mol. The van der Waals surface area contributed by atoms with Crippen LogP contribution in [0.25, 0.3) is 0 Å². The number of carbonyl (C=O) groups excluding carboxylic acids is 1. The lowest BCUT2D eigenvalue weighted by Crippen LogP contribution is -2.52. The standard InChI is InChI=1S/C15H20N6O2/c1-10-7-21(2)20-14(10)15(22)19-11-4-6-23-8-12(11)18-13-3-5-16-9-17-13/h3,5,7,9,11-12H,4,6,8H2,1-2H3,(H,19,22)(H,16,17,18)/t11-,12+/m0/s1. The molecule has 0 bridgehead atoms. The van der Waals surface area contributed by atoms with E-state index in [0.29, 0.717) is 24.7 Å². The third-order valence-electron chi connectivity index (χ3n) is 3.81. The molecule has 1 saturated heterocycles. The summed E-state index contributed by atoms with van der Waals surface area (Å²) in [6.45, 7) is 3.01. The van der Waals surface area contributed by atoms with Gasteiger partial charge in [0.1, 0.15) is 12.1 Å². The van der Waals surface area contributed by atoms with E-state index in [-0.39, 0.29) is 18.0 Å². The summed E-state index contributed by atoms with van der Waals surface area (Å²) in [5.74, 6) is 0.549. The van der Waals surface area contributed by atoms with E-state index < -0.39 is 0 Å². The summed E-state index contributed by atoms with van der Waals surface area (Å²) in [6, 6.07) is 1.69. The van der Waals surface area contributed by atoms with Crippen LogP contribution in [-0.4, -0.2) is 51.0 Å². The maximum absolute atomic E-state index is 12.5. The Labute approximate surface area is 134 Å². The van der Waals surface area contributed by atoms with E-state index in [1.165, 1.54) is 6.33 Å². The highest BCUT2D eigenvalue weighted by Crippen LogP contribution is 2.14. The van der Waals surface area contributed by atoms with E-state index in [9.17, 15) is 4.79 Å². The maximum Gasteiger partial charge on any atom is 0.272 e. The highest BCUT2D eigenvalue weighted by molar-refractivity contribution is 5.93. The fourth-order valence-corrected chi connectivity index (χ4v) is 2.69. The molecule has 0 aliphatic carbocycles. The van der Waals surface area contributed by atoms with Gasteiger partial charge in [0.15, 0.2) is 5.69 Å². The van der Waals surface area contributed by atoms with E-state index in [1.807, 2.05) is 13.1 Å². The molecular weight excluding hydrogens is 296 g/mol. The van der Waals surface area contributed by atoms with Crippen LogP contribution in [0.4, 0.5) is 5.82 Å². The van der Waals surface area contributed by atoms with Crippen molar-refractivity contribution in [2.45, 2.75) is 25.4 Å². The quantitative estimate of drug-likeness (QED) is 0.854. The van der Waals surface area contributed by atoms with Crippen LogP contribution in [0.15, 0.2) is 24.8 Å². The highest BCUT2D eigenvalue weighted by Gasteiger charge is 2.28. The maximum atomic E-state index is 12.5. The van der Waals surface area contributed by atoms with Crippen molar-refractivity contribution in [2.75, 3.05) is 18.5 Å². The number of carbonyl (C=O) groups is 1. The van der Waals surface area contributed by atoms with Gasteiger partial charge in [-0.05, 0) is 19.4 Å². The van der Waals surface area contributed by atoms with Crippen molar-refractivity contribution in [1.29, 1.82) is 0 Å². The van der Waals surface area contributed by atoms with Gasteiger partial charge in [0.2, 0.25) is 0 Å². The third kappa shape index (κ3) is 3.65. The topological polar surface area (TPSA) is 94.0 Å². The summed E-state index contributed by atoms with van der Waals surface area (Å²) < 4.78 is 7.17. The molecule has 2 atom stereocenters. The van der Waals surface area contributed by atoms with Crippen LogP contribution in [0.1, 0.15) is 22.5 Å². The Morgan fingerprint density at radius 3 is 3.00 bits per heavy atom. The second kappa shape index (κ2) is 6.74. The first-order valence-electron chi connectivity index (χ1n) is 7.55. The lowest BCUT2D eigenvalue weighted by atomic mass is 10.0. The zero-order chi connectivity index (χ0) is 16.2. The van der Waals surface area contributed by atoms with Gasteiger partial charge >= 0.3 is 0 Å². The van der Waals surface area contributed by atoms with Gasteiger partial charge < -0.3 is 15.4 Å². The molecule has 0 spiro atoms. The summed E-state index contributed by atoms with van der Waals surface area (Å²) in [4.78, 5) is 20.5. The average Bonchev–Trinajstić information content (AvgIpc) is 2.89. The number of hydrogen-bond donors (Lipinski definition) is 2. The summed E-state index contributed by atoms with van der Waals surface area (Å²) >= 11 is 0. The van der Waals surface area contributed by atoms with E-state index in [1.54, 1.807) is 24.0 Å². The van der Waals surface area contributed by atoms with Crippen molar-refractivity contribution in [3.05, 3.63) is 36.0 Å². The van der Waals surface area contributed by atoms with Crippen LogP contribution in [-0.2, 0) is 11.8 Å². The minimum Gasteiger partial charge on any atom is -0.379 e. The van der Waals surface area contributed by atoms with Gasteiger partial charge in [-0.15, -0.1) is 0 Å². The third-order valence-corrected chi connectivity index (χ3v) is 3.81. The van der Waals surface area contributed by atoms with Crippen LogP contribution in [0, 0.1) is 6.92 Å². The molecular formula is C15H20N6O2. The van der Waals surface area contributed by atoms with Gasteiger partial charge in [-0.2, -0.15) is 5.10 Å². The van der Waals surface area contributed by atoms with Crippen molar-refractivity contribution in [3.63, 3.8) is 0 Å². The normalized spacial score (nSPS) is 21.0. The number of ether oxygens (including phenoxy) is 1. The Morgan fingerprint density at radius 2 is 2.30 bits per heavy atom. The van der Waals surface area contributed by atoms with Crippen molar-refractivity contribution in [1.82, 2.24) is 25.1 Å². The fraction of sp³-hybridized carbons (Fsp3) is 0.467. The van der Waals surface area contributed by atoms with Gasteiger partial charge in [0, 0.05) is 31.6 Å². The van der Waals surface area contributed by atoms with Gasteiger partial charge in [-0.1, -0.05) is 0 Å². The van der Waals surface area contributed by atoms with Crippen molar-refractivity contribution in [3.8, 4) is 0 Å². The van der Waals surface area contributed by atoms with E-state index in [4.69, 9.17) is 4.74 Å².